The maximum absolute atomic E-state index is 12.8. The summed E-state index contributed by atoms with van der Waals surface area (Å²) in [5, 5.41) is 12.7. The van der Waals surface area contributed by atoms with E-state index in [4.69, 9.17) is 28.0 Å². The van der Waals surface area contributed by atoms with Gasteiger partial charge in [-0.25, -0.2) is 0 Å². The van der Waals surface area contributed by atoms with E-state index in [1.165, 1.54) is 38.5 Å². The summed E-state index contributed by atoms with van der Waals surface area (Å²) in [4.78, 5) is 18.2. The van der Waals surface area contributed by atoms with E-state index in [1.54, 1.807) is 18.3 Å². The highest BCUT2D eigenvalue weighted by atomic mass is 35.5. The normalized spacial score (nSPS) is 33.3. The van der Waals surface area contributed by atoms with Gasteiger partial charge in [-0.1, -0.05) is 34.4 Å². The average Bonchev–Trinajstić information content (AvgIpc) is 3.39. The van der Waals surface area contributed by atoms with Crippen molar-refractivity contribution in [2.45, 2.75) is 56.6 Å². The molecule has 4 saturated carbocycles. The third-order valence-electron chi connectivity index (χ3n) is 7.56. The molecule has 0 saturated heterocycles. The zero-order valence-electron chi connectivity index (χ0n) is 17.1. The van der Waals surface area contributed by atoms with Gasteiger partial charge in [0, 0.05) is 18.2 Å². The monoisotopic (exact) mass is 458 g/mol. The van der Waals surface area contributed by atoms with Gasteiger partial charge in [0.2, 0.25) is 6.10 Å². The molecule has 4 aliphatic carbocycles. The van der Waals surface area contributed by atoms with Gasteiger partial charge in [-0.3, -0.25) is 9.48 Å². The van der Waals surface area contributed by atoms with E-state index in [1.807, 2.05) is 12.3 Å². The quantitative estimate of drug-likeness (QED) is 0.680. The highest BCUT2D eigenvalue weighted by molar-refractivity contribution is 6.42. The molecule has 162 valence electrons. The summed E-state index contributed by atoms with van der Waals surface area (Å²) >= 11 is 12.1. The number of benzene rings is 1. The van der Waals surface area contributed by atoms with Gasteiger partial charge in [0.05, 0.1) is 33.2 Å². The molecule has 2 aromatic rings. The molecule has 5 aliphatic rings. The fraction of sp³-hybridized carbons (Fsp3) is 0.522. The third-order valence-corrected chi connectivity index (χ3v) is 8.30. The fourth-order valence-corrected chi connectivity index (χ4v) is 6.88. The lowest BCUT2D eigenvalue weighted by atomic mass is 9.53. The third kappa shape index (κ3) is 3.44. The number of nitrogens with zero attached hydrogens (tertiary/aromatic N) is 3. The largest absolute Gasteiger partial charge is 0.382 e. The molecule has 0 spiro atoms. The van der Waals surface area contributed by atoms with Crippen LogP contribution in [0, 0.1) is 17.8 Å². The highest BCUT2D eigenvalue weighted by Gasteiger charge is 2.52. The first-order valence-electron chi connectivity index (χ1n) is 11.0. The number of aromatic nitrogens is 2. The van der Waals surface area contributed by atoms with E-state index in [9.17, 15) is 4.79 Å². The second-order valence-corrected chi connectivity index (χ2v) is 10.6. The number of carbonyl (C=O) groups excluding carboxylic acids is 1. The molecule has 6 nitrogen and oxygen atoms in total. The summed E-state index contributed by atoms with van der Waals surface area (Å²) in [5.41, 5.74) is 2.35. The van der Waals surface area contributed by atoms with Crippen molar-refractivity contribution in [1.82, 2.24) is 9.78 Å². The van der Waals surface area contributed by atoms with Crippen LogP contribution in [0.25, 0.3) is 0 Å². The summed E-state index contributed by atoms with van der Waals surface area (Å²) in [6.07, 6.45) is 11.3. The van der Waals surface area contributed by atoms with Gasteiger partial charge in [0.1, 0.15) is 0 Å². The first kappa shape index (κ1) is 19.6. The van der Waals surface area contributed by atoms with Crippen molar-refractivity contribution in [1.29, 1.82) is 0 Å². The van der Waals surface area contributed by atoms with Gasteiger partial charge >= 0.3 is 0 Å². The van der Waals surface area contributed by atoms with Gasteiger partial charge < -0.3 is 10.2 Å². The van der Waals surface area contributed by atoms with Gasteiger partial charge in [-0.2, -0.15) is 5.10 Å². The summed E-state index contributed by atoms with van der Waals surface area (Å²) in [6, 6.07) is 5.28. The van der Waals surface area contributed by atoms with Crippen molar-refractivity contribution in [3.05, 3.63) is 46.2 Å². The van der Waals surface area contributed by atoms with E-state index in [0.29, 0.717) is 27.9 Å². The summed E-state index contributed by atoms with van der Waals surface area (Å²) in [6.45, 7) is 0. The topological polar surface area (TPSA) is 68.5 Å². The Morgan fingerprint density at radius 3 is 2.48 bits per heavy atom. The Hall–Kier alpha value is -2.05. The molecule has 2 heterocycles. The van der Waals surface area contributed by atoms with Gasteiger partial charge in [0.15, 0.2) is 0 Å². The van der Waals surface area contributed by atoms with Crippen LogP contribution >= 0.6 is 23.2 Å². The molecule has 4 bridgehead atoms. The fourth-order valence-electron chi connectivity index (χ4n) is 6.58. The minimum atomic E-state index is -0.674. The zero-order chi connectivity index (χ0) is 21.2. The minimum Gasteiger partial charge on any atom is -0.382 e. The van der Waals surface area contributed by atoms with E-state index in [2.05, 4.69) is 20.3 Å². The van der Waals surface area contributed by atoms with Crippen LogP contribution in [0.2, 0.25) is 10.0 Å². The molecule has 1 N–H and O–H groups in total. The summed E-state index contributed by atoms with van der Waals surface area (Å²) in [5.74, 6) is 2.32. The summed E-state index contributed by atoms with van der Waals surface area (Å²) in [7, 11) is 0. The van der Waals surface area contributed by atoms with Crippen LogP contribution in [0.1, 0.15) is 50.5 Å². The van der Waals surface area contributed by atoms with Crippen molar-refractivity contribution >= 4 is 40.5 Å². The summed E-state index contributed by atoms with van der Waals surface area (Å²) < 4.78 is 2.14. The SMILES string of the molecule is O=C(Nc1cnn(C23CC4CC(CC(C4)C2)C3)c1)[C@H]1CC(c2ccc(Cl)c(Cl)c2)=NO1. The van der Waals surface area contributed by atoms with Crippen LogP contribution in [0.3, 0.4) is 0 Å². The van der Waals surface area contributed by atoms with Gasteiger partial charge in [0.25, 0.3) is 5.91 Å². The molecule has 1 atom stereocenters. The standard InChI is InChI=1S/C23H24Cl2N4O2/c24-18-2-1-16(6-19(18)25)20-7-21(31-28-20)22(30)27-17-11-26-29(12-17)23-8-13-3-14(9-23)5-15(4-13)10-23/h1-2,6,11-15,21H,3-5,7-10H2,(H,27,30)/t13?,14?,15?,21-,23?/m1/s1. The van der Waals surface area contributed by atoms with Crippen LogP contribution < -0.4 is 5.32 Å². The number of amides is 1. The second-order valence-electron chi connectivity index (χ2n) is 9.77. The van der Waals surface area contributed by atoms with Crippen molar-refractivity contribution in [2.75, 3.05) is 5.32 Å². The predicted octanol–water partition coefficient (Wildman–Crippen LogP) is 5.25. The van der Waals surface area contributed by atoms with E-state index >= 15 is 0 Å². The van der Waals surface area contributed by atoms with E-state index in [0.717, 1.165) is 23.3 Å². The molecule has 1 aromatic carbocycles. The molecular weight excluding hydrogens is 435 g/mol. The van der Waals surface area contributed by atoms with Crippen molar-refractivity contribution in [2.24, 2.45) is 22.9 Å². The van der Waals surface area contributed by atoms with Crippen molar-refractivity contribution in [3.63, 3.8) is 0 Å². The molecule has 1 amide bonds. The Balaban J connectivity index is 1.12. The number of rotatable bonds is 4. The molecule has 7 rings (SSSR count). The minimum absolute atomic E-state index is 0.145. The Morgan fingerprint density at radius 2 is 1.81 bits per heavy atom. The Labute approximate surface area is 190 Å². The second kappa shape index (κ2) is 7.24. The molecule has 4 fully saturated rings. The first-order valence-corrected chi connectivity index (χ1v) is 11.8. The lowest BCUT2D eigenvalue weighted by molar-refractivity contribution is -0.125. The molecular formula is C23H24Cl2N4O2. The number of hydrogen-bond donors (Lipinski definition) is 1. The van der Waals surface area contributed by atoms with Crippen molar-refractivity contribution < 1.29 is 9.63 Å². The molecule has 0 unspecified atom stereocenters. The Bertz CT molecular complexity index is 1040. The number of halogens is 2. The van der Waals surface area contributed by atoms with E-state index in [-0.39, 0.29) is 11.4 Å². The van der Waals surface area contributed by atoms with Crippen LogP contribution in [0.5, 0.6) is 0 Å². The van der Waals surface area contributed by atoms with Gasteiger partial charge in [-0.15, -0.1) is 0 Å². The number of oxime groups is 1. The van der Waals surface area contributed by atoms with Crippen LogP contribution in [-0.4, -0.2) is 27.5 Å². The predicted molar refractivity (Wildman–Crippen MR) is 119 cm³/mol. The highest BCUT2D eigenvalue weighted by Crippen LogP contribution is 2.58. The number of anilines is 1. The van der Waals surface area contributed by atoms with Gasteiger partial charge in [-0.05, 0) is 68.4 Å². The molecule has 1 aromatic heterocycles. The molecule has 0 radical (unpaired) electrons. The average molecular weight is 459 g/mol. The maximum Gasteiger partial charge on any atom is 0.268 e. The number of carbonyl (C=O) groups is 1. The maximum atomic E-state index is 12.8. The molecule has 31 heavy (non-hydrogen) atoms. The Morgan fingerprint density at radius 1 is 1.10 bits per heavy atom. The lowest BCUT2D eigenvalue weighted by Crippen LogP contribution is -2.52. The van der Waals surface area contributed by atoms with Crippen LogP contribution in [-0.2, 0) is 15.2 Å². The molecule has 1 aliphatic heterocycles. The Kier molecular flexibility index (Phi) is 4.58. The van der Waals surface area contributed by atoms with Crippen molar-refractivity contribution in [3.8, 4) is 0 Å². The smallest absolute Gasteiger partial charge is 0.268 e. The first-order chi connectivity index (χ1) is 15.0. The molecule has 8 heteroatoms. The lowest BCUT2D eigenvalue weighted by Gasteiger charge is -2.56. The van der Waals surface area contributed by atoms with Crippen LogP contribution in [0.15, 0.2) is 35.7 Å². The number of nitrogens with one attached hydrogen (secondary N) is 1. The van der Waals surface area contributed by atoms with E-state index < -0.39 is 6.10 Å². The zero-order valence-corrected chi connectivity index (χ0v) is 18.6. The number of hydrogen-bond acceptors (Lipinski definition) is 4. The van der Waals surface area contributed by atoms with Crippen LogP contribution in [0.4, 0.5) is 5.69 Å².